The molecule has 0 bridgehead atoms. The van der Waals surface area contributed by atoms with Gasteiger partial charge in [-0.25, -0.2) is 8.42 Å². The van der Waals surface area contributed by atoms with Crippen molar-refractivity contribution in [3.05, 3.63) is 29.8 Å². The molecular formula is C22H37N3O3S. The molecule has 6 nitrogen and oxygen atoms in total. The SMILES string of the molecule is CCN(CC)CCNC(=O)C1CCN(S(=O)(=O)c2ccc(C(C)(C)C)cc2)CC1. The third-order valence-corrected chi connectivity index (χ3v) is 7.72. The van der Waals surface area contributed by atoms with Crippen LogP contribution in [0.1, 0.15) is 53.0 Å². The van der Waals surface area contributed by atoms with Gasteiger partial charge in [0.25, 0.3) is 0 Å². The smallest absolute Gasteiger partial charge is 0.243 e. The number of piperidine rings is 1. The summed E-state index contributed by atoms with van der Waals surface area (Å²) in [5.41, 5.74) is 1.09. The van der Waals surface area contributed by atoms with E-state index in [0.29, 0.717) is 37.4 Å². The number of carbonyl (C=O) groups excluding carboxylic acids is 1. The van der Waals surface area contributed by atoms with Gasteiger partial charge in [-0.2, -0.15) is 4.31 Å². The van der Waals surface area contributed by atoms with Crippen molar-refractivity contribution in [2.45, 2.75) is 57.8 Å². The van der Waals surface area contributed by atoms with Crippen molar-refractivity contribution >= 4 is 15.9 Å². The standard InChI is InChI=1S/C22H37N3O3S/c1-6-24(7-2)17-14-23-21(26)18-12-15-25(16-13-18)29(27,28)20-10-8-19(9-11-20)22(3,4)5/h8-11,18H,6-7,12-17H2,1-5H3,(H,23,26). The molecule has 0 unspecified atom stereocenters. The second-order valence-corrected chi connectivity index (χ2v) is 10.7. The first-order valence-corrected chi connectivity index (χ1v) is 12.1. The summed E-state index contributed by atoms with van der Waals surface area (Å²) in [5, 5.41) is 3.01. The summed E-state index contributed by atoms with van der Waals surface area (Å²) in [5.74, 6) is -0.0647. The van der Waals surface area contributed by atoms with Crippen LogP contribution in [0.5, 0.6) is 0 Å². The fourth-order valence-electron chi connectivity index (χ4n) is 3.66. The van der Waals surface area contributed by atoms with E-state index in [2.05, 4.69) is 44.8 Å². The van der Waals surface area contributed by atoms with Crippen molar-refractivity contribution in [2.75, 3.05) is 39.3 Å². The van der Waals surface area contributed by atoms with Gasteiger partial charge in [0.15, 0.2) is 0 Å². The summed E-state index contributed by atoms with van der Waals surface area (Å²) in [4.78, 5) is 15.0. The summed E-state index contributed by atoms with van der Waals surface area (Å²) in [7, 11) is -3.51. The summed E-state index contributed by atoms with van der Waals surface area (Å²) in [6, 6.07) is 7.18. The third kappa shape index (κ3) is 6.27. The van der Waals surface area contributed by atoms with Crippen LogP contribution in [0.3, 0.4) is 0 Å². The van der Waals surface area contributed by atoms with Gasteiger partial charge < -0.3 is 10.2 Å². The first-order valence-electron chi connectivity index (χ1n) is 10.7. The van der Waals surface area contributed by atoms with Crippen molar-refractivity contribution in [1.82, 2.24) is 14.5 Å². The zero-order valence-corrected chi connectivity index (χ0v) is 19.4. The quantitative estimate of drug-likeness (QED) is 0.698. The molecule has 0 radical (unpaired) electrons. The van der Waals surface area contributed by atoms with Crippen LogP contribution >= 0.6 is 0 Å². The number of carbonyl (C=O) groups is 1. The molecule has 1 aliphatic heterocycles. The van der Waals surface area contributed by atoms with E-state index in [-0.39, 0.29) is 17.2 Å². The van der Waals surface area contributed by atoms with Crippen molar-refractivity contribution in [3.8, 4) is 0 Å². The first kappa shape index (κ1) is 23.8. The van der Waals surface area contributed by atoms with Crippen molar-refractivity contribution < 1.29 is 13.2 Å². The summed E-state index contributed by atoms with van der Waals surface area (Å²) in [6.45, 7) is 14.7. The Hall–Kier alpha value is -1.44. The molecule has 0 aromatic heterocycles. The van der Waals surface area contributed by atoms with Crippen LogP contribution in [0.2, 0.25) is 0 Å². The average molecular weight is 424 g/mol. The van der Waals surface area contributed by atoms with Crippen LogP contribution in [0.25, 0.3) is 0 Å². The number of benzene rings is 1. The Balaban J connectivity index is 1.90. The third-order valence-electron chi connectivity index (χ3n) is 5.80. The highest BCUT2D eigenvalue weighted by Gasteiger charge is 2.32. The highest BCUT2D eigenvalue weighted by atomic mass is 32.2. The van der Waals surface area contributed by atoms with Crippen LogP contribution in [-0.2, 0) is 20.2 Å². The van der Waals surface area contributed by atoms with Crippen LogP contribution < -0.4 is 5.32 Å². The van der Waals surface area contributed by atoms with E-state index >= 15 is 0 Å². The van der Waals surface area contributed by atoms with Gasteiger partial charge in [-0.15, -0.1) is 0 Å². The number of rotatable bonds is 8. The molecule has 0 saturated carbocycles. The van der Waals surface area contributed by atoms with Crippen molar-refractivity contribution in [1.29, 1.82) is 0 Å². The lowest BCUT2D eigenvalue weighted by Gasteiger charge is -2.31. The number of likely N-dealkylation sites (N-methyl/N-ethyl adjacent to an activating group) is 1. The van der Waals surface area contributed by atoms with Gasteiger partial charge in [0, 0.05) is 32.1 Å². The van der Waals surface area contributed by atoms with Crippen LogP contribution in [0.4, 0.5) is 0 Å². The summed E-state index contributed by atoms with van der Waals surface area (Å²) < 4.78 is 27.4. The van der Waals surface area contributed by atoms with Gasteiger partial charge in [-0.3, -0.25) is 4.79 Å². The molecule has 1 aromatic carbocycles. The molecule has 1 amide bonds. The van der Waals surface area contributed by atoms with E-state index in [1.807, 2.05) is 12.1 Å². The van der Waals surface area contributed by atoms with Gasteiger partial charge in [0.1, 0.15) is 0 Å². The normalized spacial score (nSPS) is 16.9. The number of sulfonamides is 1. The first-order chi connectivity index (χ1) is 13.6. The minimum Gasteiger partial charge on any atom is -0.355 e. The Labute approximate surface area is 176 Å². The minimum absolute atomic E-state index is 0.0146. The molecular weight excluding hydrogens is 386 g/mol. The summed E-state index contributed by atoms with van der Waals surface area (Å²) in [6.07, 6.45) is 1.13. The lowest BCUT2D eigenvalue weighted by molar-refractivity contribution is -0.126. The Morgan fingerprint density at radius 3 is 2.14 bits per heavy atom. The number of amides is 1. The maximum atomic E-state index is 13.0. The van der Waals surface area contributed by atoms with Gasteiger partial charge in [0.05, 0.1) is 4.90 Å². The molecule has 1 aliphatic rings. The van der Waals surface area contributed by atoms with Crippen LogP contribution in [0, 0.1) is 5.92 Å². The van der Waals surface area contributed by atoms with E-state index in [1.165, 1.54) is 4.31 Å². The Kier molecular flexibility index (Phi) is 8.26. The molecule has 2 rings (SSSR count). The van der Waals surface area contributed by atoms with Gasteiger partial charge in [-0.1, -0.05) is 46.8 Å². The average Bonchev–Trinajstić information content (AvgIpc) is 2.70. The van der Waals surface area contributed by atoms with Crippen molar-refractivity contribution in [3.63, 3.8) is 0 Å². The minimum atomic E-state index is -3.51. The zero-order valence-electron chi connectivity index (χ0n) is 18.6. The predicted molar refractivity (Wildman–Crippen MR) is 117 cm³/mol. The predicted octanol–water partition coefficient (Wildman–Crippen LogP) is 2.84. The molecule has 1 heterocycles. The molecule has 0 spiro atoms. The van der Waals surface area contributed by atoms with Crippen LogP contribution in [0.15, 0.2) is 29.2 Å². The van der Waals surface area contributed by atoms with Gasteiger partial charge in [-0.05, 0) is 49.0 Å². The van der Waals surface area contributed by atoms with E-state index in [9.17, 15) is 13.2 Å². The van der Waals surface area contributed by atoms with Crippen LogP contribution in [-0.4, -0.2) is 62.8 Å². The van der Waals surface area contributed by atoms with E-state index in [1.54, 1.807) is 12.1 Å². The highest BCUT2D eigenvalue weighted by molar-refractivity contribution is 7.89. The molecule has 1 aromatic rings. The number of hydrogen-bond donors (Lipinski definition) is 1. The maximum absolute atomic E-state index is 13.0. The Bertz CT molecular complexity index is 757. The topological polar surface area (TPSA) is 69.7 Å². The van der Waals surface area contributed by atoms with E-state index in [4.69, 9.17) is 0 Å². The zero-order chi connectivity index (χ0) is 21.7. The highest BCUT2D eigenvalue weighted by Crippen LogP contribution is 2.27. The molecule has 0 atom stereocenters. The Morgan fingerprint density at radius 1 is 1.10 bits per heavy atom. The van der Waals surface area contributed by atoms with Gasteiger partial charge in [0.2, 0.25) is 15.9 Å². The largest absolute Gasteiger partial charge is 0.355 e. The molecule has 164 valence electrons. The molecule has 29 heavy (non-hydrogen) atoms. The summed E-state index contributed by atoms with van der Waals surface area (Å²) >= 11 is 0. The number of nitrogens with zero attached hydrogens (tertiary/aromatic N) is 2. The molecule has 0 aliphatic carbocycles. The second kappa shape index (κ2) is 10.0. The lowest BCUT2D eigenvalue weighted by Crippen LogP contribution is -2.44. The Morgan fingerprint density at radius 2 is 1.66 bits per heavy atom. The molecule has 1 saturated heterocycles. The van der Waals surface area contributed by atoms with E-state index in [0.717, 1.165) is 25.2 Å². The maximum Gasteiger partial charge on any atom is 0.243 e. The monoisotopic (exact) mass is 423 g/mol. The molecule has 7 heteroatoms. The van der Waals surface area contributed by atoms with E-state index < -0.39 is 10.0 Å². The molecule has 1 N–H and O–H groups in total. The fraction of sp³-hybridized carbons (Fsp3) is 0.682. The lowest BCUT2D eigenvalue weighted by atomic mass is 9.87. The van der Waals surface area contributed by atoms with Gasteiger partial charge >= 0.3 is 0 Å². The fourth-order valence-corrected chi connectivity index (χ4v) is 5.13. The molecule has 1 fully saturated rings. The second-order valence-electron chi connectivity index (χ2n) is 8.77. The number of nitrogens with one attached hydrogen (secondary N) is 1. The van der Waals surface area contributed by atoms with Crippen molar-refractivity contribution in [2.24, 2.45) is 5.92 Å². The number of hydrogen-bond acceptors (Lipinski definition) is 4.